The summed E-state index contributed by atoms with van der Waals surface area (Å²) >= 11 is 1.54. The molecule has 0 atom stereocenters. The first-order valence-electron chi connectivity index (χ1n) is 7.47. The number of halogens is 3. The second kappa shape index (κ2) is 6.47. The number of hydrogen-bond acceptors (Lipinski definition) is 4. The summed E-state index contributed by atoms with van der Waals surface area (Å²) < 4.78 is 38.1. The number of hydrogen-bond donors (Lipinski definition) is 1. The molecule has 0 saturated carbocycles. The number of likely N-dealkylation sites (N-methyl/N-ethyl adjacent to an activating group) is 1. The van der Waals surface area contributed by atoms with Gasteiger partial charge in [0.2, 0.25) is 5.82 Å². The number of carbonyl (C=O) groups is 1. The lowest BCUT2D eigenvalue weighted by Crippen LogP contribution is -2.28. The van der Waals surface area contributed by atoms with Crippen molar-refractivity contribution in [3.8, 4) is 0 Å². The summed E-state index contributed by atoms with van der Waals surface area (Å²) in [5.41, 5.74) is 3.38. The summed E-state index contributed by atoms with van der Waals surface area (Å²) in [5, 5.41) is 0. The van der Waals surface area contributed by atoms with E-state index in [2.05, 4.69) is 15.0 Å². The Hall–Kier alpha value is -2.42. The van der Waals surface area contributed by atoms with E-state index in [1.165, 1.54) is 29.5 Å². The molecule has 25 heavy (non-hydrogen) atoms. The van der Waals surface area contributed by atoms with Crippen LogP contribution in [0.15, 0.2) is 23.7 Å². The molecule has 0 aliphatic carbocycles. The zero-order chi connectivity index (χ0) is 18.2. The van der Waals surface area contributed by atoms with Crippen molar-refractivity contribution in [1.82, 2.24) is 19.9 Å². The van der Waals surface area contributed by atoms with E-state index in [-0.39, 0.29) is 16.9 Å². The highest BCUT2D eigenvalue weighted by Crippen LogP contribution is 2.28. The molecule has 5 nitrogen and oxygen atoms in total. The Labute approximate surface area is 145 Å². The summed E-state index contributed by atoms with van der Waals surface area (Å²) in [7, 11) is 1.66. The number of H-pyrrole nitrogens is 1. The molecule has 9 heteroatoms. The number of benzene rings is 1. The number of imidazole rings is 1. The minimum Gasteiger partial charge on any atom is -0.341 e. The van der Waals surface area contributed by atoms with Gasteiger partial charge in [0.05, 0.1) is 22.2 Å². The van der Waals surface area contributed by atoms with Gasteiger partial charge in [0.25, 0.3) is 5.91 Å². The Morgan fingerprint density at radius 1 is 1.36 bits per heavy atom. The van der Waals surface area contributed by atoms with Crippen molar-refractivity contribution in [2.24, 2.45) is 0 Å². The molecular formula is C16H15F3N4OS. The van der Waals surface area contributed by atoms with Gasteiger partial charge in [-0.2, -0.15) is 13.2 Å². The molecule has 1 amide bonds. The predicted octanol–water partition coefficient (Wildman–Crippen LogP) is 3.66. The van der Waals surface area contributed by atoms with Gasteiger partial charge in [0.1, 0.15) is 0 Å². The van der Waals surface area contributed by atoms with Crippen molar-refractivity contribution in [2.45, 2.75) is 19.5 Å². The molecule has 0 fully saturated rings. The average Bonchev–Trinajstić information content (AvgIpc) is 3.16. The van der Waals surface area contributed by atoms with Gasteiger partial charge in [-0.15, -0.1) is 11.3 Å². The number of aromatic nitrogens is 3. The highest BCUT2D eigenvalue weighted by atomic mass is 32.1. The van der Waals surface area contributed by atoms with E-state index < -0.39 is 12.0 Å². The topological polar surface area (TPSA) is 61.9 Å². The summed E-state index contributed by atoms with van der Waals surface area (Å²) in [6, 6.07) is 4.30. The van der Waals surface area contributed by atoms with Crippen molar-refractivity contribution in [2.75, 3.05) is 13.6 Å². The summed E-state index contributed by atoms with van der Waals surface area (Å²) in [5.74, 6) is -1.33. The molecule has 0 radical (unpaired) electrons. The number of nitrogens with one attached hydrogen (secondary N) is 1. The van der Waals surface area contributed by atoms with Crippen LogP contribution < -0.4 is 0 Å². The minimum absolute atomic E-state index is 0.173. The van der Waals surface area contributed by atoms with Gasteiger partial charge in [-0.25, -0.2) is 9.97 Å². The predicted molar refractivity (Wildman–Crippen MR) is 88.6 cm³/mol. The molecule has 0 saturated heterocycles. The standard InChI is InChI=1S/C16H15F3N4OS/c1-9-13(25-8-20-9)5-6-23(2)14(24)10-3-4-11-12(7-10)22-15(21-11)16(17,18)19/h3-4,7-8H,5-6H2,1-2H3,(H,21,22). The third-order valence-corrected chi connectivity index (χ3v) is 4.86. The van der Waals surface area contributed by atoms with Crippen molar-refractivity contribution in [3.05, 3.63) is 45.7 Å². The van der Waals surface area contributed by atoms with E-state index in [0.717, 1.165) is 10.6 Å². The van der Waals surface area contributed by atoms with Crippen LogP contribution in [0.4, 0.5) is 13.2 Å². The first-order chi connectivity index (χ1) is 11.8. The lowest BCUT2D eigenvalue weighted by Gasteiger charge is -2.17. The number of amides is 1. The molecular weight excluding hydrogens is 353 g/mol. The number of fused-ring (bicyclic) bond motifs is 1. The molecule has 0 bridgehead atoms. The van der Waals surface area contributed by atoms with Gasteiger partial charge >= 0.3 is 6.18 Å². The van der Waals surface area contributed by atoms with Gasteiger partial charge in [-0.1, -0.05) is 0 Å². The summed E-state index contributed by atoms with van der Waals surface area (Å²) in [6.07, 6.45) is -3.87. The number of carbonyl (C=O) groups excluding carboxylic acids is 1. The smallest absolute Gasteiger partial charge is 0.341 e. The van der Waals surface area contributed by atoms with Crippen LogP contribution in [0.2, 0.25) is 0 Å². The molecule has 3 aromatic rings. The van der Waals surface area contributed by atoms with Crippen LogP contribution in [0.3, 0.4) is 0 Å². The SMILES string of the molecule is Cc1ncsc1CCN(C)C(=O)c1ccc2nc(C(F)(F)F)[nH]c2c1. The molecule has 132 valence electrons. The zero-order valence-corrected chi connectivity index (χ0v) is 14.3. The Bertz CT molecular complexity index is 916. The van der Waals surface area contributed by atoms with E-state index in [1.807, 2.05) is 6.92 Å². The molecule has 1 aromatic carbocycles. The van der Waals surface area contributed by atoms with E-state index in [0.29, 0.717) is 18.5 Å². The van der Waals surface area contributed by atoms with E-state index in [9.17, 15) is 18.0 Å². The van der Waals surface area contributed by atoms with Crippen LogP contribution in [0.1, 0.15) is 26.8 Å². The second-order valence-electron chi connectivity index (χ2n) is 5.65. The van der Waals surface area contributed by atoms with Gasteiger partial charge in [-0.05, 0) is 25.1 Å². The van der Waals surface area contributed by atoms with Crippen molar-refractivity contribution in [3.63, 3.8) is 0 Å². The van der Waals surface area contributed by atoms with Crippen molar-refractivity contribution >= 4 is 28.3 Å². The zero-order valence-electron chi connectivity index (χ0n) is 13.5. The second-order valence-corrected chi connectivity index (χ2v) is 6.59. The normalized spacial score (nSPS) is 11.9. The fourth-order valence-corrected chi connectivity index (χ4v) is 3.20. The Balaban J connectivity index is 1.75. The van der Waals surface area contributed by atoms with E-state index in [1.54, 1.807) is 17.5 Å². The first-order valence-corrected chi connectivity index (χ1v) is 8.35. The molecule has 1 N–H and O–H groups in total. The van der Waals surface area contributed by atoms with Crippen LogP contribution in [0.5, 0.6) is 0 Å². The van der Waals surface area contributed by atoms with Crippen LogP contribution in [-0.2, 0) is 12.6 Å². The van der Waals surface area contributed by atoms with Gasteiger partial charge in [-0.3, -0.25) is 4.79 Å². The Morgan fingerprint density at radius 3 is 2.76 bits per heavy atom. The van der Waals surface area contributed by atoms with Gasteiger partial charge in [0.15, 0.2) is 0 Å². The average molecular weight is 368 g/mol. The molecule has 2 heterocycles. The monoisotopic (exact) mass is 368 g/mol. The Kier molecular flexibility index (Phi) is 4.51. The summed E-state index contributed by atoms with van der Waals surface area (Å²) in [4.78, 5) is 25.0. The number of aryl methyl sites for hydroxylation is 1. The lowest BCUT2D eigenvalue weighted by atomic mass is 10.1. The largest absolute Gasteiger partial charge is 0.449 e. The maximum atomic E-state index is 12.7. The number of nitrogens with zero attached hydrogens (tertiary/aromatic N) is 3. The van der Waals surface area contributed by atoms with Crippen molar-refractivity contribution in [1.29, 1.82) is 0 Å². The number of thiazole rings is 1. The van der Waals surface area contributed by atoms with Crippen LogP contribution in [0.25, 0.3) is 11.0 Å². The molecule has 0 aliphatic rings. The quantitative estimate of drug-likeness (QED) is 0.764. The van der Waals surface area contributed by atoms with E-state index >= 15 is 0 Å². The maximum Gasteiger partial charge on any atom is 0.449 e. The first kappa shape index (κ1) is 17.4. The fourth-order valence-electron chi connectivity index (χ4n) is 2.43. The molecule has 0 spiro atoms. The highest BCUT2D eigenvalue weighted by Gasteiger charge is 2.34. The highest BCUT2D eigenvalue weighted by molar-refractivity contribution is 7.09. The molecule has 0 unspecified atom stereocenters. The molecule has 3 rings (SSSR count). The number of aromatic amines is 1. The Morgan fingerprint density at radius 2 is 2.12 bits per heavy atom. The molecule has 2 aromatic heterocycles. The summed E-state index contributed by atoms with van der Waals surface area (Å²) in [6.45, 7) is 2.41. The third kappa shape index (κ3) is 3.65. The minimum atomic E-state index is -4.55. The number of alkyl halides is 3. The van der Waals surface area contributed by atoms with Crippen LogP contribution in [-0.4, -0.2) is 39.4 Å². The van der Waals surface area contributed by atoms with Crippen LogP contribution >= 0.6 is 11.3 Å². The van der Waals surface area contributed by atoms with Gasteiger partial charge < -0.3 is 9.88 Å². The third-order valence-electron chi connectivity index (χ3n) is 3.86. The molecule has 0 aliphatic heterocycles. The van der Waals surface area contributed by atoms with Crippen molar-refractivity contribution < 1.29 is 18.0 Å². The lowest BCUT2D eigenvalue weighted by molar-refractivity contribution is -0.144. The van der Waals surface area contributed by atoms with E-state index in [4.69, 9.17) is 0 Å². The maximum absolute atomic E-state index is 12.7. The van der Waals surface area contributed by atoms with Gasteiger partial charge in [0, 0.05) is 30.5 Å². The number of rotatable bonds is 4. The van der Waals surface area contributed by atoms with Crippen LogP contribution in [0, 0.1) is 6.92 Å². The fraction of sp³-hybridized carbons (Fsp3) is 0.312.